The van der Waals surface area contributed by atoms with Gasteiger partial charge in [-0.25, -0.2) is 4.39 Å². The van der Waals surface area contributed by atoms with Gasteiger partial charge in [-0.15, -0.1) is 0 Å². The van der Waals surface area contributed by atoms with Crippen LogP contribution in [0.4, 0.5) is 4.39 Å². The van der Waals surface area contributed by atoms with Gasteiger partial charge in [0.2, 0.25) is 0 Å². The Bertz CT molecular complexity index is 380. The SMILES string of the molecule is N=C(N)C1CCN(Cc2ccc(F)cc2)CC1. The van der Waals surface area contributed by atoms with Gasteiger partial charge < -0.3 is 5.73 Å². The fourth-order valence-electron chi connectivity index (χ4n) is 2.25. The van der Waals surface area contributed by atoms with Crippen LogP contribution in [-0.2, 0) is 6.54 Å². The summed E-state index contributed by atoms with van der Waals surface area (Å²) in [7, 11) is 0. The fourth-order valence-corrected chi connectivity index (χ4v) is 2.25. The van der Waals surface area contributed by atoms with Crippen LogP contribution in [0.25, 0.3) is 0 Å². The van der Waals surface area contributed by atoms with E-state index >= 15 is 0 Å². The van der Waals surface area contributed by atoms with Gasteiger partial charge in [-0.2, -0.15) is 0 Å². The third-order valence-electron chi connectivity index (χ3n) is 3.35. The molecule has 17 heavy (non-hydrogen) atoms. The van der Waals surface area contributed by atoms with Crippen molar-refractivity contribution in [3.05, 3.63) is 35.6 Å². The zero-order chi connectivity index (χ0) is 12.3. The minimum absolute atomic E-state index is 0.191. The Kier molecular flexibility index (Phi) is 3.74. The first-order valence-electron chi connectivity index (χ1n) is 5.96. The maximum absolute atomic E-state index is 12.8. The molecule has 0 atom stereocenters. The number of benzene rings is 1. The summed E-state index contributed by atoms with van der Waals surface area (Å²) in [5.41, 5.74) is 6.64. The van der Waals surface area contributed by atoms with E-state index in [9.17, 15) is 4.39 Å². The van der Waals surface area contributed by atoms with Gasteiger partial charge in [0, 0.05) is 12.5 Å². The van der Waals surface area contributed by atoms with Crippen molar-refractivity contribution in [1.82, 2.24) is 4.90 Å². The first-order valence-corrected chi connectivity index (χ1v) is 5.96. The zero-order valence-corrected chi connectivity index (χ0v) is 9.82. The number of rotatable bonds is 3. The number of amidine groups is 1. The van der Waals surface area contributed by atoms with E-state index in [1.165, 1.54) is 12.1 Å². The first kappa shape index (κ1) is 12.0. The number of hydrogen-bond acceptors (Lipinski definition) is 2. The van der Waals surface area contributed by atoms with E-state index in [2.05, 4.69) is 4.90 Å². The molecule has 4 heteroatoms. The van der Waals surface area contributed by atoms with Crippen LogP contribution < -0.4 is 5.73 Å². The lowest BCUT2D eigenvalue weighted by molar-refractivity contribution is 0.201. The van der Waals surface area contributed by atoms with Crippen molar-refractivity contribution in [3.8, 4) is 0 Å². The lowest BCUT2D eigenvalue weighted by Gasteiger charge is -2.31. The number of hydrogen-bond donors (Lipinski definition) is 2. The highest BCUT2D eigenvalue weighted by Crippen LogP contribution is 2.18. The van der Waals surface area contributed by atoms with Crippen LogP contribution >= 0.6 is 0 Å². The van der Waals surface area contributed by atoms with Gasteiger partial charge in [-0.3, -0.25) is 10.3 Å². The average molecular weight is 235 g/mol. The Balaban J connectivity index is 1.85. The number of piperidine rings is 1. The lowest BCUT2D eigenvalue weighted by atomic mass is 9.95. The summed E-state index contributed by atoms with van der Waals surface area (Å²) in [6.07, 6.45) is 1.91. The summed E-state index contributed by atoms with van der Waals surface area (Å²) in [6, 6.07) is 6.65. The van der Waals surface area contributed by atoms with E-state index in [0.717, 1.165) is 38.0 Å². The summed E-state index contributed by atoms with van der Waals surface area (Å²) in [5, 5.41) is 7.42. The Hall–Kier alpha value is -1.42. The second-order valence-electron chi connectivity index (χ2n) is 4.63. The highest BCUT2D eigenvalue weighted by Gasteiger charge is 2.20. The molecule has 0 aliphatic carbocycles. The molecule has 0 bridgehead atoms. The molecule has 0 saturated carbocycles. The van der Waals surface area contributed by atoms with E-state index in [-0.39, 0.29) is 11.7 Å². The minimum Gasteiger partial charge on any atom is -0.387 e. The Morgan fingerprint density at radius 3 is 2.41 bits per heavy atom. The summed E-state index contributed by atoms with van der Waals surface area (Å²) in [4.78, 5) is 2.33. The Morgan fingerprint density at radius 1 is 1.29 bits per heavy atom. The van der Waals surface area contributed by atoms with E-state index in [1.54, 1.807) is 0 Å². The summed E-state index contributed by atoms with van der Waals surface area (Å²) in [5.74, 6) is 0.370. The maximum Gasteiger partial charge on any atom is 0.123 e. The molecule has 0 aromatic heterocycles. The molecule has 1 saturated heterocycles. The smallest absolute Gasteiger partial charge is 0.123 e. The molecule has 1 aliphatic heterocycles. The molecule has 1 fully saturated rings. The standard InChI is InChI=1S/C13H18FN3/c14-12-3-1-10(2-4-12)9-17-7-5-11(6-8-17)13(15)16/h1-4,11H,5-9H2,(H3,15,16). The molecule has 3 nitrogen and oxygen atoms in total. The third kappa shape index (κ3) is 3.27. The van der Waals surface area contributed by atoms with E-state index in [0.29, 0.717) is 5.84 Å². The highest BCUT2D eigenvalue weighted by atomic mass is 19.1. The topological polar surface area (TPSA) is 53.1 Å². The van der Waals surface area contributed by atoms with Crippen LogP contribution in [-0.4, -0.2) is 23.8 Å². The number of nitrogens with two attached hydrogens (primary N) is 1. The second kappa shape index (κ2) is 5.27. The molecule has 92 valence electrons. The molecule has 1 aromatic carbocycles. The summed E-state index contributed by atoms with van der Waals surface area (Å²) >= 11 is 0. The van der Waals surface area contributed by atoms with E-state index in [4.69, 9.17) is 11.1 Å². The molecule has 0 unspecified atom stereocenters. The number of likely N-dealkylation sites (tertiary alicyclic amines) is 1. The fraction of sp³-hybridized carbons (Fsp3) is 0.462. The first-order chi connectivity index (χ1) is 8.15. The van der Waals surface area contributed by atoms with Crippen LogP contribution in [0.1, 0.15) is 18.4 Å². The van der Waals surface area contributed by atoms with Gasteiger partial charge in [0.1, 0.15) is 5.82 Å². The molecular weight excluding hydrogens is 217 g/mol. The summed E-state index contributed by atoms with van der Waals surface area (Å²) in [6.45, 7) is 2.77. The van der Waals surface area contributed by atoms with Gasteiger partial charge in [-0.1, -0.05) is 12.1 Å². The van der Waals surface area contributed by atoms with Crippen molar-refractivity contribution in [2.75, 3.05) is 13.1 Å². The maximum atomic E-state index is 12.8. The predicted octanol–water partition coefficient (Wildman–Crippen LogP) is 1.97. The molecular formula is C13H18FN3. The lowest BCUT2D eigenvalue weighted by Crippen LogP contribution is -2.37. The van der Waals surface area contributed by atoms with Crippen LogP contribution in [0.2, 0.25) is 0 Å². The normalized spacial score (nSPS) is 18.2. The zero-order valence-electron chi connectivity index (χ0n) is 9.82. The van der Waals surface area contributed by atoms with Gasteiger partial charge in [0.15, 0.2) is 0 Å². The summed E-state index contributed by atoms with van der Waals surface area (Å²) < 4.78 is 12.8. The van der Waals surface area contributed by atoms with Gasteiger partial charge >= 0.3 is 0 Å². The quantitative estimate of drug-likeness (QED) is 0.621. The van der Waals surface area contributed by atoms with Crippen LogP contribution in [0, 0.1) is 17.1 Å². The molecule has 0 radical (unpaired) electrons. The molecule has 2 rings (SSSR count). The monoisotopic (exact) mass is 235 g/mol. The molecule has 1 aliphatic rings. The third-order valence-corrected chi connectivity index (χ3v) is 3.35. The van der Waals surface area contributed by atoms with Gasteiger partial charge in [0.05, 0.1) is 5.84 Å². The van der Waals surface area contributed by atoms with Gasteiger partial charge in [0.25, 0.3) is 0 Å². The van der Waals surface area contributed by atoms with Crippen LogP contribution in [0.15, 0.2) is 24.3 Å². The average Bonchev–Trinajstić information content (AvgIpc) is 2.33. The molecule has 1 heterocycles. The molecule has 0 amide bonds. The Labute approximate surface area is 101 Å². The number of nitrogens with zero attached hydrogens (tertiary/aromatic N) is 1. The van der Waals surface area contributed by atoms with Crippen molar-refractivity contribution >= 4 is 5.84 Å². The number of halogens is 1. The molecule has 1 aromatic rings. The second-order valence-corrected chi connectivity index (χ2v) is 4.63. The van der Waals surface area contributed by atoms with Crippen molar-refractivity contribution in [1.29, 1.82) is 5.41 Å². The van der Waals surface area contributed by atoms with Crippen LogP contribution in [0.5, 0.6) is 0 Å². The van der Waals surface area contributed by atoms with Crippen molar-refractivity contribution < 1.29 is 4.39 Å². The van der Waals surface area contributed by atoms with Gasteiger partial charge in [-0.05, 0) is 43.6 Å². The molecule has 3 N–H and O–H groups in total. The minimum atomic E-state index is -0.191. The number of nitrogens with one attached hydrogen (secondary N) is 1. The highest BCUT2D eigenvalue weighted by molar-refractivity contribution is 5.79. The van der Waals surface area contributed by atoms with Crippen LogP contribution in [0.3, 0.4) is 0 Å². The van der Waals surface area contributed by atoms with Crippen molar-refractivity contribution in [2.45, 2.75) is 19.4 Å². The largest absolute Gasteiger partial charge is 0.387 e. The Morgan fingerprint density at radius 2 is 1.88 bits per heavy atom. The van der Waals surface area contributed by atoms with Crippen molar-refractivity contribution in [2.24, 2.45) is 11.7 Å². The van der Waals surface area contributed by atoms with E-state index in [1.807, 2.05) is 12.1 Å². The molecule has 0 spiro atoms. The van der Waals surface area contributed by atoms with Crippen molar-refractivity contribution in [3.63, 3.8) is 0 Å². The van der Waals surface area contributed by atoms with E-state index < -0.39 is 0 Å². The predicted molar refractivity (Wildman–Crippen MR) is 66.3 cm³/mol.